The first-order valence-electron chi connectivity index (χ1n) is 5.06. The second-order valence-corrected chi connectivity index (χ2v) is 4.72. The van der Waals surface area contributed by atoms with Crippen LogP contribution in [0.2, 0.25) is 0 Å². The molecule has 78 valence electrons. The molecular formula is C13H9NOS. The summed E-state index contributed by atoms with van der Waals surface area (Å²) in [5.74, 6) is 0.167. The maximum atomic E-state index is 12.0. The number of rotatable bonds is 1. The van der Waals surface area contributed by atoms with E-state index in [4.69, 9.17) is 0 Å². The Bertz CT molecular complexity index is 569. The summed E-state index contributed by atoms with van der Waals surface area (Å²) in [6.45, 7) is 0. The fraction of sp³-hybridized carbons (Fsp3) is 0.0769. The van der Waals surface area contributed by atoms with E-state index >= 15 is 0 Å². The molecule has 2 nitrogen and oxygen atoms in total. The summed E-state index contributed by atoms with van der Waals surface area (Å²) in [6.07, 6.45) is 6.20. The SMILES string of the molecule is O=C1C(=Cc2cccnc2)Cc2sccc21. The number of nitrogens with zero attached hydrogens (tertiary/aromatic N) is 1. The van der Waals surface area contributed by atoms with Gasteiger partial charge in [-0.05, 0) is 29.2 Å². The van der Waals surface area contributed by atoms with E-state index in [1.807, 2.05) is 29.7 Å². The lowest BCUT2D eigenvalue weighted by atomic mass is 10.1. The molecule has 0 N–H and O–H groups in total. The average Bonchev–Trinajstić information content (AvgIpc) is 2.86. The minimum atomic E-state index is 0.167. The van der Waals surface area contributed by atoms with Crippen molar-refractivity contribution >= 4 is 23.2 Å². The second kappa shape index (κ2) is 3.68. The number of pyridine rings is 1. The van der Waals surface area contributed by atoms with Gasteiger partial charge in [-0.15, -0.1) is 11.3 Å². The summed E-state index contributed by atoms with van der Waals surface area (Å²) >= 11 is 1.65. The molecule has 2 aromatic rings. The molecule has 0 radical (unpaired) electrons. The highest BCUT2D eigenvalue weighted by Gasteiger charge is 2.25. The molecule has 3 heteroatoms. The third kappa shape index (κ3) is 1.49. The van der Waals surface area contributed by atoms with Crippen molar-refractivity contribution in [1.82, 2.24) is 4.98 Å². The number of fused-ring (bicyclic) bond motifs is 1. The zero-order valence-electron chi connectivity index (χ0n) is 8.51. The standard InChI is InChI=1S/C13H9NOS/c15-13-10(6-9-2-1-4-14-8-9)7-12-11(13)3-5-16-12/h1-6,8H,7H2. The van der Waals surface area contributed by atoms with E-state index in [9.17, 15) is 4.79 Å². The molecule has 0 saturated carbocycles. The van der Waals surface area contributed by atoms with Gasteiger partial charge in [-0.2, -0.15) is 0 Å². The second-order valence-electron chi connectivity index (χ2n) is 3.72. The first-order valence-corrected chi connectivity index (χ1v) is 5.94. The van der Waals surface area contributed by atoms with Gasteiger partial charge in [0.1, 0.15) is 0 Å². The zero-order valence-corrected chi connectivity index (χ0v) is 9.33. The molecule has 0 fully saturated rings. The Morgan fingerprint density at radius 1 is 1.38 bits per heavy atom. The quantitative estimate of drug-likeness (QED) is 0.701. The van der Waals surface area contributed by atoms with Crippen LogP contribution in [-0.2, 0) is 6.42 Å². The Kier molecular flexibility index (Phi) is 2.18. The lowest BCUT2D eigenvalue weighted by Crippen LogP contribution is -1.94. The molecule has 16 heavy (non-hydrogen) atoms. The van der Waals surface area contributed by atoms with E-state index in [2.05, 4.69) is 4.98 Å². The number of thiophene rings is 1. The largest absolute Gasteiger partial charge is 0.289 e. The molecule has 1 aliphatic rings. The molecule has 0 atom stereocenters. The Hall–Kier alpha value is -1.74. The minimum absolute atomic E-state index is 0.167. The smallest absolute Gasteiger partial charge is 0.190 e. The third-order valence-electron chi connectivity index (χ3n) is 2.66. The topological polar surface area (TPSA) is 30.0 Å². The molecule has 2 aromatic heterocycles. The molecule has 0 aromatic carbocycles. The van der Waals surface area contributed by atoms with Gasteiger partial charge in [0.25, 0.3) is 0 Å². The highest BCUT2D eigenvalue weighted by molar-refractivity contribution is 7.10. The maximum Gasteiger partial charge on any atom is 0.190 e. The number of hydrogen-bond acceptors (Lipinski definition) is 3. The predicted octanol–water partition coefficient (Wildman–Crippen LogP) is 2.97. The highest BCUT2D eigenvalue weighted by Crippen LogP contribution is 2.31. The lowest BCUT2D eigenvalue weighted by molar-refractivity contribution is 0.104. The maximum absolute atomic E-state index is 12.0. The summed E-state index contributed by atoms with van der Waals surface area (Å²) in [5, 5.41) is 1.98. The minimum Gasteiger partial charge on any atom is -0.289 e. The molecule has 0 aliphatic heterocycles. The van der Waals surface area contributed by atoms with Crippen LogP contribution in [0.25, 0.3) is 6.08 Å². The van der Waals surface area contributed by atoms with Crippen LogP contribution in [0, 0.1) is 0 Å². The summed E-state index contributed by atoms with van der Waals surface area (Å²) in [5.41, 5.74) is 2.73. The van der Waals surface area contributed by atoms with Gasteiger partial charge >= 0.3 is 0 Å². The van der Waals surface area contributed by atoms with E-state index in [0.717, 1.165) is 23.1 Å². The number of Topliss-reactive ketones (excluding diaryl/α,β-unsaturated/α-hetero) is 1. The number of hydrogen-bond donors (Lipinski definition) is 0. The van der Waals surface area contributed by atoms with Crippen molar-refractivity contribution in [2.24, 2.45) is 0 Å². The summed E-state index contributed by atoms with van der Waals surface area (Å²) in [6, 6.07) is 5.74. The van der Waals surface area contributed by atoms with E-state index < -0.39 is 0 Å². The first-order chi connectivity index (χ1) is 7.84. The molecule has 0 unspecified atom stereocenters. The Labute approximate surface area is 97.3 Å². The summed E-state index contributed by atoms with van der Waals surface area (Å²) in [4.78, 5) is 17.2. The number of aromatic nitrogens is 1. The van der Waals surface area contributed by atoms with Crippen molar-refractivity contribution in [1.29, 1.82) is 0 Å². The zero-order chi connectivity index (χ0) is 11.0. The number of allylic oxidation sites excluding steroid dienone is 1. The normalized spacial score (nSPS) is 16.8. The van der Waals surface area contributed by atoms with Gasteiger partial charge in [0, 0.05) is 34.8 Å². The van der Waals surface area contributed by atoms with Gasteiger partial charge in [-0.25, -0.2) is 0 Å². The van der Waals surface area contributed by atoms with Crippen LogP contribution in [0.1, 0.15) is 20.8 Å². The van der Waals surface area contributed by atoms with Crippen LogP contribution in [0.5, 0.6) is 0 Å². The highest BCUT2D eigenvalue weighted by atomic mass is 32.1. The van der Waals surface area contributed by atoms with E-state index in [-0.39, 0.29) is 5.78 Å². The van der Waals surface area contributed by atoms with Crippen LogP contribution in [0.3, 0.4) is 0 Å². The van der Waals surface area contributed by atoms with Gasteiger partial charge in [0.15, 0.2) is 5.78 Å². The molecule has 3 rings (SSSR count). The van der Waals surface area contributed by atoms with Crippen molar-refractivity contribution < 1.29 is 4.79 Å². The predicted molar refractivity (Wildman–Crippen MR) is 64.6 cm³/mol. The number of ketones is 1. The molecule has 0 amide bonds. The average molecular weight is 227 g/mol. The van der Waals surface area contributed by atoms with Crippen LogP contribution < -0.4 is 0 Å². The van der Waals surface area contributed by atoms with E-state index in [0.29, 0.717) is 0 Å². The van der Waals surface area contributed by atoms with E-state index in [1.165, 1.54) is 4.88 Å². The molecule has 2 heterocycles. The molecule has 0 spiro atoms. The van der Waals surface area contributed by atoms with Gasteiger partial charge < -0.3 is 0 Å². The van der Waals surface area contributed by atoms with Gasteiger partial charge in [0.2, 0.25) is 0 Å². The third-order valence-corrected chi connectivity index (χ3v) is 3.58. The van der Waals surface area contributed by atoms with Gasteiger partial charge in [-0.1, -0.05) is 6.07 Å². The number of carbonyl (C=O) groups is 1. The summed E-state index contributed by atoms with van der Waals surface area (Å²) < 4.78 is 0. The van der Waals surface area contributed by atoms with Gasteiger partial charge in [-0.3, -0.25) is 9.78 Å². The molecular weight excluding hydrogens is 218 g/mol. The van der Waals surface area contributed by atoms with Crippen molar-refractivity contribution in [3.05, 3.63) is 57.6 Å². The fourth-order valence-electron chi connectivity index (χ4n) is 1.89. The molecule has 0 saturated heterocycles. The van der Waals surface area contributed by atoms with Crippen molar-refractivity contribution in [3.63, 3.8) is 0 Å². The summed E-state index contributed by atoms with van der Waals surface area (Å²) in [7, 11) is 0. The van der Waals surface area contributed by atoms with Crippen molar-refractivity contribution in [3.8, 4) is 0 Å². The first kappa shape index (κ1) is 9.48. The monoisotopic (exact) mass is 227 g/mol. The van der Waals surface area contributed by atoms with Gasteiger partial charge in [0.05, 0.1) is 0 Å². The molecule has 1 aliphatic carbocycles. The van der Waals surface area contributed by atoms with Crippen LogP contribution >= 0.6 is 11.3 Å². The van der Waals surface area contributed by atoms with Crippen LogP contribution in [-0.4, -0.2) is 10.8 Å². The lowest BCUT2D eigenvalue weighted by Gasteiger charge is -1.95. The van der Waals surface area contributed by atoms with Crippen LogP contribution in [0.4, 0.5) is 0 Å². The van der Waals surface area contributed by atoms with Crippen LogP contribution in [0.15, 0.2) is 41.5 Å². The molecule has 0 bridgehead atoms. The fourth-order valence-corrected chi connectivity index (χ4v) is 2.78. The Balaban J connectivity index is 1.98. The van der Waals surface area contributed by atoms with Crippen molar-refractivity contribution in [2.75, 3.05) is 0 Å². The Morgan fingerprint density at radius 2 is 2.31 bits per heavy atom. The van der Waals surface area contributed by atoms with E-state index in [1.54, 1.807) is 23.7 Å². The Morgan fingerprint density at radius 3 is 3.06 bits per heavy atom. The van der Waals surface area contributed by atoms with Crippen molar-refractivity contribution in [2.45, 2.75) is 6.42 Å². The number of carbonyl (C=O) groups excluding carboxylic acids is 1.